The maximum absolute atomic E-state index is 13.4. The van der Waals surface area contributed by atoms with Crippen LogP contribution in [0.15, 0.2) is 40.3 Å². The molecule has 2 rings (SSSR count). The van der Waals surface area contributed by atoms with Crippen molar-refractivity contribution in [3.8, 4) is 5.75 Å². The molecular weight excluding hydrogens is 494 g/mol. The average Bonchev–Trinajstić information content (AvgIpc) is 2.76. The molecule has 36 heavy (non-hydrogen) atoms. The van der Waals surface area contributed by atoms with Gasteiger partial charge in [-0.15, -0.1) is 0 Å². The summed E-state index contributed by atoms with van der Waals surface area (Å²) in [4.78, 5) is 19.1. The number of amides is 1. The number of aliphatic imine (C=N–C) groups is 1. The van der Waals surface area contributed by atoms with Crippen molar-refractivity contribution in [1.82, 2.24) is 9.91 Å². The Hall–Kier alpha value is -3.05. The number of nitrogens with zero attached hydrogens (tertiary/aromatic N) is 3. The van der Waals surface area contributed by atoms with Crippen LogP contribution in [0.3, 0.4) is 0 Å². The predicted octanol–water partition coefficient (Wildman–Crippen LogP) is 3.73. The molecule has 0 saturated heterocycles. The van der Waals surface area contributed by atoms with Crippen molar-refractivity contribution in [3.63, 3.8) is 0 Å². The minimum Gasteiger partial charge on any atom is -0.487 e. The van der Waals surface area contributed by atoms with Crippen molar-refractivity contribution in [2.45, 2.75) is 52.2 Å². The van der Waals surface area contributed by atoms with Crippen LogP contribution in [-0.2, 0) is 11.2 Å². The van der Waals surface area contributed by atoms with Gasteiger partial charge in [-0.05, 0) is 63.6 Å². The van der Waals surface area contributed by atoms with Crippen molar-refractivity contribution < 1.29 is 23.0 Å². The lowest BCUT2D eigenvalue weighted by Gasteiger charge is -2.38. The number of benzene rings is 1. The summed E-state index contributed by atoms with van der Waals surface area (Å²) < 4.78 is 38.3. The topological polar surface area (TPSA) is 132 Å². The minimum atomic E-state index is -2.88. The number of hydrogen-bond acceptors (Lipinski definition) is 8. The lowest BCUT2D eigenvalue weighted by molar-refractivity contribution is 0.0147. The van der Waals surface area contributed by atoms with Gasteiger partial charge in [0.2, 0.25) is 0 Å². The molecule has 0 aromatic heterocycles. The van der Waals surface area contributed by atoms with E-state index in [-0.39, 0.29) is 18.8 Å². The van der Waals surface area contributed by atoms with Gasteiger partial charge >= 0.3 is 6.09 Å². The molecule has 1 aromatic rings. The Bertz CT molecular complexity index is 1030. The van der Waals surface area contributed by atoms with E-state index >= 15 is 0 Å². The van der Waals surface area contributed by atoms with E-state index in [4.69, 9.17) is 38.4 Å². The molecule has 1 atom stereocenters. The molecule has 1 aromatic carbocycles. The normalized spacial score (nSPS) is 17.2. The standard InChI is InChI=1S/C24H35ClF2N6O3/c1-14(10-28)11-31-12-18-20-15(8-9-33(18)23(34)36-24(2,3)4)16(25)6-7-19(20)35-13-17(29)21(22(26)27)32(5)30/h6-7,10-11,18,22H,8-9,12-13,28-30H2,1-5H3/b14-10?,21-17-,31-11?. The molecule has 0 bridgehead atoms. The average molecular weight is 529 g/mol. The number of hydrazine groups is 1. The van der Waals surface area contributed by atoms with Crippen molar-refractivity contribution in [3.05, 3.63) is 51.4 Å². The first-order chi connectivity index (χ1) is 16.8. The molecule has 1 amide bonds. The lowest BCUT2D eigenvalue weighted by atomic mass is 9.91. The highest BCUT2D eigenvalue weighted by Gasteiger charge is 2.36. The molecule has 200 valence electrons. The molecule has 0 spiro atoms. The quantitative estimate of drug-likeness (QED) is 0.266. The van der Waals surface area contributed by atoms with Crippen LogP contribution in [0, 0.1) is 0 Å². The summed E-state index contributed by atoms with van der Waals surface area (Å²) in [5.74, 6) is 5.85. The smallest absolute Gasteiger partial charge is 0.410 e. The zero-order valence-corrected chi connectivity index (χ0v) is 22.0. The Balaban J connectivity index is 2.53. The molecule has 1 aliphatic heterocycles. The first-order valence-electron chi connectivity index (χ1n) is 11.3. The van der Waals surface area contributed by atoms with E-state index in [2.05, 4.69) is 4.99 Å². The second kappa shape index (κ2) is 12.3. The predicted molar refractivity (Wildman–Crippen MR) is 137 cm³/mol. The molecule has 1 aliphatic rings. The number of carbonyl (C=O) groups excluding carboxylic acids is 1. The molecule has 0 radical (unpaired) electrons. The fourth-order valence-electron chi connectivity index (χ4n) is 3.72. The summed E-state index contributed by atoms with van der Waals surface area (Å²) in [6.45, 7) is 7.27. The maximum atomic E-state index is 13.4. The van der Waals surface area contributed by atoms with Gasteiger partial charge in [-0.2, -0.15) is 0 Å². The minimum absolute atomic E-state index is 0.160. The van der Waals surface area contributed by atoms with Crippen LogP contribution in [0.2, 0.25) is 5.02 Å². The zero-order valence-electron chi connectivity index (χ0n) is 21.2. The lowest BCUT2D eigenvalue weighted by Crippen LogP contribution is -2.44. The first kappa shape index (κ1) is 29.2. The van der Waals surface area contributed by atoms with Crippen LogP contribution in [0.1, 0.15) is 44.9 Å². The van der Waals surface area contributed by atoms with Gasteiger partial charge in [-0.25, -0.2) is 19.4 Å². The zero-order chi connectivity index (χ0) is 27.2. The number of allylic oxidation sites excluding steroid dienone is 2. The highest BCUT2D eigenvalue weighted by molar-refractivity contribution is 6.31. The van der Waals surface area contributed by atoms with Crippen LogP contribution in [0.5, 0.6) is 5.75 Å². The van der Waals surface area contributed by atoms with Gasteiger partial charge in [0.05, 0.1) is 18.3 Å². The van der Waals surface area contributed by atoms with Crippen LogP contribution in [0.4, 0.5) is 13.6 Å². The van der Waals surface area contributed by atoms with Crippen LogP contribution in [-0.4, -0.2) is 61.0 Å². The van der Waals surface area contributed by atoms with Crippen molar-refractivity contribution >= 4 is 23.9 Å². The van der Waals surface area contributed by atoms with Gasteiger partial charge in [-0.1, -0.05) is 11.6 Å². The Morgan fingerprint density at radius 2 is 2.06 bits per heavy atom. The summed E-state index contributed by atoms with van der Waals surface area (Å²) >= 11 is 6.51. The summed E-state index contributed by atoms with van der Waals surface area (Å²) in [5, 5.41) is 1.25. The summed E-state index contributed by atoms with van der Waals surface area (Å²) in [6, 6.07) is 2.67. The Kier molecular flexibility index (Phi) is 9.94. The number of nitrogens with two attached hydrogens (primary N) is 3. The van der Waals surface area contributed by atoms with Gasteiger partial charge in [0, 0.05) is 30.4 Å². The molecular formula is C24H35ClF2N6O3. The van der Waals surface area contributed by atoms with Crippen molar-refractivity contribution in [1.29, 1.82) is 0 Å². The highest BCUT2D eigenvalue weighted by Crippen LogP contribution is 2.41. The van der Waals surface area contributed by atoms with E-state index in [0.717, 1.165) is 16.1 Å². The van der Waals surface area contributed by atoms with E-state index in [1.165, 1.54) is 13.2 Å². The third kappa shape index (κ3) is 7.47. The number of ether oxygens (including phenoxy) is 2. The largest absolute Gasteiger partial charge is 0.487 e. The molecule has 6 N–H and O–H groups in total. The molecule has 12 heteroatoms. The van der Waals surface area contributed by atoms with Gasteiger partial charge in [0.1, 0.15) is 23.7 Å². The van der Waals surface area contributed by atoms with E-state index in [1.54, 1.807) is 50.9 Å². The fraction of sp³-hybridized carbons (Fsp3) is 0.500. The van der Waals surface area contributed by atoms with E-state index in [9.17, 15) is 13.6 Å². The van der Waals surface area contributed by atoms with Gasteiger partial charge in [0.15, 0.2) is 0 Å². The van der Waals surface area contributed by atoms with Gasteiger partial charge < -0.3 is 25.9 Å². The maximum Gasteiger partial charge on any atom is 0.410 e. The van der Waals surface area contributed by atoms with E-state index in [1.807, 2.05) is 0 Å². The fourth-order valence-corrected chi connectivity index (χ4v) is 3.98. The number of fused-ring (bicyclic) bond motifs is 1. The monoisotopic (exact) mass is 528 g/mol. The van der Waals surface area contributed by atoms with Gasteiger partial charge in [0.25, 0.3) is 6.43 Å². The summed E-state index contributed by atoms with van der Waals surface area (Å²) in [5.41, 5.74) is 12.1. The second-order valence-electron chi connectivity index (χ2n) is 9.39. The third-order valence-corrected chi connectivity index (χ3v) is 5.69. The molecule has 9 nitrogen and oxygen atoms in total. The first-order valence-corrected chi connectivity index (χ1v) is 11.7. The van der Waals surface area contributed by atoms with Crippen LogP contribution < -0.4 is 22.0 Å². The van der Waals surface area contributed by atoms with Crippen LogP contribution in [0.25, 0.3) is 0 Å². The summed E-state index contributed by atoms with van der Waals surface area (Å²) in [7, 11) is 1.27. The highest BCUT2D eigenvalue weighted by atomic mass is 35.5. The van der Waals surface area contributed by atoms with E-state index in [0.29, 0.717) is 29.3 Å². The van der Waals surface area contributed by atoms with Gasteiger partial charge in [-0.3, -0.25) is 9.89 Å². The Morgan fingerprint density at radius 3 is 2.61 bits per heavy atom. The molecule has 0 fully saturated rings. The number of alkyl halides is 2. The van der Waals surface area contributed by atoms with Crippen molar-refractivity contribution in [2.24, 2.45) is 22.3 Å². The Morgan fingerprint density at radius 1 is 1.39 bits per heavy atom. The SMILES string of the molecule is CC(C=NCC1c2c(OC/C(N)=C(\C(F)F)N(C)N)ccc(Cl)c2CCN1C(=O)OC(C)(C)C)=CN. The number of halogens is 3. The molecule has 0 saturated carbocycles. The molecule has 1 heterocycles. The second-order valence-corrected chi connectivity index (χ2v) is 9.80. The number of carbonyl (C=O) groups is 1. The number of rotatable bonds is 8. The third-order valence-electron chi connectivity index (χ3n) is 5.34. The van der Waals surface area contributed by atoms with E-state index < -0.39 is 29.9 Å². The summed E-state index contributed by atoms with van der Waals surface area (Å²) in [6.07, 6.45) is 0.0470. The molecule has 1 unspecified atom stereocenters. The van der Waals surface area contributed by atoms with Crippen molar-refractivity contribution in [2.75, 3.05) is 26.7 Å². The molecule has 0 aliphatic carbocycles. The van der Waals surface area contributed by atoms with Crippen LogP contribution >= 0.6 is 11.6 Å². The Labute approximate surface area is 215 Å². The number of hydrogen-bond donors (Lipinski definition) is 3.